The lowest BCUT2D eigenvalue weighted by Gasteiger charge is -1.83. The van der Waals surface area contributed by atoms with Crippen molar-refractivity contribution in [3.8, 4) is 0 Å². The van der Waals surface area contributed by atoms with Crippen molar-refractivity contribution in [2.75, 3.05) is 6.61 Å². The highest BCUT2D eigenvalue weighted by Gasteiger charge is 2.35. The molecule has 0 amide bonds. The first-order chi connectivity index (χ1) is 3.83. The van der Waals surface area contributed by atoms with Crippen LogP contribution in [0.3, 0.4) is 0 Å². The number of hydrogen-bond acceptors (Lipinski definition) is 3. The molecule has 0 saturated carbocycles. The van der Waals surface area contributed by atoms with E-state index in [0.29, 0.717) is 6.61 Å². The van der Waals surface area contributed by atoms with E-state index in [1.165, 1.54) is 0 Å². The van der Waals surface area contributed by atoms with Gasteiger partial charge in [0.05, 0.1) is 0 Å². The van der Waals surface area contributed by atoms with E-state index in [0.717, 1.165) is 0 Å². The summed E-state index contributed by atoms with van der Waals surface area (Å²) in [6, 6.07) is 0. The average Bonchev–Trinajstić information content (AvgIpc) is 2.14. The summed E-state index contributed by atoms with van der Waals surface area (Å²) in [6.45, 7) is 3.82. The molecule has 3 nitrogen and oxygen atoms in total. The Morgan fingerprint density at radius 1 is 1.88 bits per heavy atom. The normalized spacial score (nSPS) is 33.0. The zero-order valence-electron chi connectivity index (χ0n) is 4.24. The second-order valence-electron chi connectivity index (χ2n) is 1.40. The number of hydrogen-bond donors (Lipinski definition) is 0. The Bertz CT molecular complexity index is 122. The first-order valence-corrected chi connectivity index (χ1v) is 3.32. The van der Waals surface area contributed by atoms with Gasteiger partial charge in [-0.15, -0.1) is 15.6 Å². The molecule has 0 aliphatic carbocycles. The third kappa shape index (κ3) is 1.13. The summed E-state index contributed by atoms with van der Waals surface area (Å²) >= 11 is 0. The fourth-order valence-corrected chi connectivity index (χ4v) is 1.11. The molecule has 1 saturated heterocycles. The molecular formula is C4H6O3P+. The monoisotopic (exact) mass is 133 g/mol. The van der Waals surface area contributed by atoms with Gasteiger partial charge in [-0.25, -0.2) is 0 Å². The van der Waals surface area contributed by atoms with Crippen LogP contribution in [-0.2, 0) is 13.6 Å². The van der Waals surface area contributed by atoms with E-state index in [1.54, 1.807) is 6.08 Å². The molecule has 0 spiro atoms. The maximum atomic E-state index is 10.3. The minimum Gasteiger partial charge on any atom is -0.116 e. The fraction of sp³-hybridized carbons (Fsp3) is 0.500. The van der Waals surface area contributed by atoms with E-state index < -0.39 is 8.25 Å². The average molecular weight is 133 g/mol. The predicted octanol–water partition coefficient (Wildman–Crippen LogP) is 1.25. The molecule has 44 valence electrons. The third-order valence-corrected chi connectivity index (χ3v) is 1.63. The molecule has 0 aromatic heterocycles. The van der Waals surface area contributed by atoms with Crippen molar-refractivity contribution in [1.29, 1.82) is 0 Å². The Hall–Kier alpha value is -0.240. The highest BCUT2D eigenvalue weighted by atomic mass is 31.1. The van der Waals surface area contributed by atoms with Gasteiger partial charge < -0.3 is 0 Å². The van der Waals surface area contributed by atoms with Gasteiger partial charge in [0.2, 0.25) is 0 Å². The van der Waals surface area contributed by atoms with Crippen molar-refractivity contribution in [3.05, 3.63) is 12.7 Å². The van der Waals surface area contributed by atoms with Gasteiger partial charge in [-0.2, -0.15) is 0 Å². The lowest BCUT2D eigenvalue weighted by Crippen LogP contribution is -2.01. The first-order valence-electron chi connectivity index (χ1n) is 2.22. The van der Waals surface area contributed by atoms with Crippen LogP contribution < -0.4 is 0 Å². The molecule has 0 aromatic rings. The second kappa shape index (κ2) is 2.35. The van der Waals surface area contributed by atoms with Crippen molar-refractivity contribution in [2.24, 2.45) is 0 Å². The van der Waals surface area contributed by atoms with E-state index in [9.17, 15) is 4.57 Å². The van der Waals surface area contributed by atoms with Gasteiger partial charge in [0, 0.05) is 4.57 Å². The lowest BCUT2D eigenvalue weighted by molar-refractivity contribution is 0.290. The van der Waals surface area contributed by atoms with Gasteiger partial charge in [-0.3, -0.25) is 0 Å². The Labute approximate surface area is 48.2 Å². The molecule has 1 aliphatic rings. The molecule has 1 rings (SSSR count). The zero-order chi connectivity index (χ0) is 5.98. The summed E-state index contributed by atoms with van der Waals surface area (Å²) in [6.07, 6.45) is 1.40. The summed E-state index contributed by atoms with van der Waals surface area (Å²) in [5.41, 5.74) is 0. The van der Waals surface area contributed by atoms with Gasteiger partial charge in [0.1, 0.15) is 6.61 Å². The summed E-state index contributed by atoms with van der Waals surface area (Å²) in [4.78, 5) is 0. The Morgan fingerprint density at radius 2 is 2.62 bits per heavy atom. The van der Waals surface area contributed by atoms with Gasteiger partial charge in [0.25, 0.3) is 0 Å². The maximum Gasteiger partial charge on any atom is 0.698 e. The molecule has 8 heavy (non-hydrogen) atoms. The second-order valence-corrected chi connectivity index (χ2v) is 2.32. The van der Waals surface area contributed by atoms with Crippen LogP contribution in [-0.4, -0.2) is 12.7 Å². The van der Waals surface area contributed by atoms with Crippen LogP contribution in [0.5, 0.6) is 0 Å². The van der Waals surface area contributed by atoms with Crippen LogP contribution in [0.2, 0.25) is 0 Å². The third-order valence-electron chi connectivity index (χ3n) is 0.829. The van der Waals surface area contributed by atoms with Gasteiger partial charge >= 0.3 is 8.25 Å². The topological polar surface area (TPSA) is 35.5 Å². The Kier molecular flexibility index (Phi) is 1.73. The summed E-state index contributed by atoms with van der Waals surface area (Å²) in [5.74, 6) is 0. The first kappa shape index (κ1) is 5.89. The van der Waals surface area contributed by atoms with E-state index in [-0.39, 0.29) is 6.10 Å². The standard InChI is InChI=1S/C4H6O3P/c1-2-4-3-6-8(5)7-4/h2,4H,1,3H2/q+1. The van der Waals surface area contributed by atoms with Crippen molar-refractivity contribution in [1.82, 2.24) is 0 Å². The van der Waals surface area contributed by atoms with E-state index in [4.69, 9.17) is 0 Å². The van der Waals surface area contributed by atoms with E-state index >= 15 is 0 Å². The zero-order valence-corrected chi connectivity index (χ0v) is 5.14. The van der Waals surface area contributed by atoms with E-state index in [2.05, 4.69) is 15.6 Å². The highest BCUT2D eigenvalue weighted by molar-refractivity contribution is 7.33. The molecular weight excluding hydrogens is 127 g/mol. The van der Waals surface area contributed by atoms with Crippen molar-refractivity contribution in [3.63, 3.8) is 0 Å². The van der Waals surface area contributed by atoms with Gasteiger partial charge in [0.15, 0.2) is 6.10 Å². The van der Waals surface area contributed by atoms with Crippen molar-refractivity contribution < 1.29 is 13.6 Å². The highest BCUT2D eigenvalue weighted by Crippen LogP contribution is 2.33. The number of rotatable bonds is 1. The Morgan fingerprint density at radius 3 is 2.88 bits per heavy atom. The molecule has 1 heterocycles. The molecule has 0 aromatic carbocycles. The Balaban J connectivity index is 2.43. The van der Waals surface area contributed by atoms with Crippen LogP contribution in [0.15, 0.2) is 12.7 Å². The largest absolute Gasteiger partial charge is 0.698 e. The molecule has 0 N–H and O–H groups in total. The van der Waals surface area contributed by atoms with Crippen molar-refractivity contribution in [2.45, 2.75) is 6.10 Å². The van der Waals surface area contributed by atoms with Crippen LogP contribution in [0.25, 0.3) is 0 Å². The SMILES string of the molecule is C=CC1CO[P+](=O)O1. The fourth-order valence-electron chi connectivity index (χ4n) is 0.417. The minimum atomic E-state index is -1.83. The maximum absolute atomic E-state index is 10.3. The molecule has 2 unspecified atom stereocenters. The van der Waals surface area contributed by atoms with Crippen LogP contribution in [0.4, 0.5) is 0 Å². The molecule has 4 heteroatoms. The molecule has 0 bridgehead atoms. The van der Waals surface area contributed by atoms with Gasteiger partial charge in [-0.1, -0.05) is 6.08 Å². The van der Waals surface area contributed by atoms with Crippen LogP contribution in [0, 0.1) is 0 Å². The molecule has 2 atom stereocenters. The van der Waals surface area contributed by atoms with Crippen LogP contribution >= 0.6 is 8.25 Å². The molecule has 0 radical (unpaired) electrons. The summed E-state index contributed by atoms with van der Waals surface area (Å²) in [5, 5.41) is 0. The quantitative estimate of drug-likeness (QED) is 0.398. The molecule has 1 aliphatic heterocycles. The van der Waals surface area contributed by atoms with Crippen LogP contribution in [0.1, 0.15) is 0 Å². The van der Waals surface area contributed by atoms with Crippen molar-refractivity contribution >= 4 is 8.25 Å². The predicted molar refractivity (Wildman–Crippen MR) is 28.6 cm³/mol. The lowest BCUT2D eigenvalue weighted by atomic mass is 10.4. The van der Waals surface area contributed by atoms with E-state index in [1.807, 2.05) is 0 Å². The minimum absolute atomic E-state index is 0.168. The van der Waals surface area contributed by atoms with Gasteiger partial charge in [-0.05, 0) is 0 Å². The molecule has 1 fully saturated rings. The summed E-state index contributed by atoms with van der Waals surface area (Å²) in [7, 11) is -1.83. The summed E-state index contributed by atoms with van der Waals surface area (Å²) < 4.78 is 19.5. The smallest absolute Gasteiger partial charge is 0.116 e.